The molecule has 1 aliphatic carbocycles. The van der Waals surface area contributed by atoms with Gasteiger partial charge in [0.15, 0.2) is 0 Å². The van der Waals surface area contributed by atoms with E-state index >= 15 is 0 Å². The minimum Gasteiger partial charge on any atom is -0.391 e. The molecule has 1 N–H and O–H groups in total. The van der Waals surface area contributed by atoms with E-state index in [0.29, 0.717) is 0 Å². The van der Waals surface area contributed by atoms with Crippen molar-refractivity contribution in [2.45, 2.75) is 45.6 Å². The lowest BCUT2D eigenvalue weighted by Crippen LogP contribution is -2.42. The van der Waals surface area contributed by atoms with Crippen LogP contribution in [0.3, 0.4) is 0 Å². The highest BCUT2D eigenvalue weighted by atomic mass is 16.3. The van der Waals surface area contributed by atoms with Gasteiger partial charge in [0.1, 0.15) is 5.82 Å². The van der Waals surface area contributed by atoms with Gasteiger partial charge in [-0.3, -0.25) is 4.68 Å². The van der Waals surface area contributed by atoms with Gasteiger partial charge >= 0.3 is 0 Å². The van der Waals surface area contributed by atoms with Crippen LogP contribution in [0, 0.1) is 18.8 Å². The van der Waals surface area contributed by atoms with Crippen LogP contribution < -0.4 is 4.90 Å². The molecule has 2 atom stereocenters. The molecule has 1 saturated heterocycles. The van der Waals surface area contributed by atoms with Crippen LogP contribution in [0.25, 0.3) is 0 Å². The minimum absolute atomic E-state index is 0.0968. The van der Waals surface area contributed by atoms with Crippen molar-refractivity contribution in [2.75, 3.05) is 18.0 Å². The molecule has 0 bridgehead atoms. The standard InChI is InChI=1S/C15H25N3O/c1-11-14(10-19)15(17(2)16-11)18-8-7-12-5-3-4-6-13(12)9-18/h12-13,19H,3-10H2,1-2H3. The summed E-state index contributed by atoms with van der Waals surface area (Å²) < 4.78 is 1.95. The number of aromatic nitrogens is 2. The van der Waals surface area contributed by atoms with Crippen molar-refractivity contribution in [2.24, 2.45) is 18.9 Å². The summed E-state index contributed by atoms with van der Waals surface area (Å²) in [5.41, 5.74) is 1.97. The van der Waals surface area contributed by atoms with Gasteiger partial charge in [-0.1, -0.05) is 19.3 Å². The smallest absolute Gasteiger partial charge is 0.132 e. The number of aryl methyl sites for hydroxylation is 2. The van der Waals surface area contributed by atoms with Gasteiger partial charge in [-0.05, 0) is 31.6 Å². The van der Waals surface area contributed by atoms with Gasteiger partial charge in [0, 0.05) is 25.7 Å². The third-order valence-corrected chi connectivity index (χ3v) is 5.06. The first-order valence-corrected chi connectivity index (χ1v) is 7.59. The fourth-order valence-corrected chi connectivity index (χ4v) is 4.06. The lowest BCUT2D eigenvalue weighted by Gasteiger charge is -2.42. The molecule has 2 aliphatic rings. The van der Waals surface area contributed by atoms with E-state index in [-0.39, 0.29) is 6.61 Å². The summed E-state index contributed by atoms with van der Waals surface area (Å²) in [5.74, 6) is 2.94. The van der Waals surface area contributed by atoms with Gasteiger partial charge in [-0.2, -0.15) is 5.10 Å². The zero-order chi connectivity index (χ0) is 13.4. The van der Waals surface area contributed by atoms with Crippen molar-refractivity contribution in [3.05, 3.63) is 11.3 Å². The van der Waals surface area contributed by atoms with E-state index in [4.69, 9.17) is 0 Å². The van der Waals surface area contributed by atoms with Crippen LogP contribution in [-0.4, -0.2) is 28.0 Å². The number of anilines is 1. The summed E-state index contributed by atoms with van der Waals surface area (Å²) in [6, 6.07) is 0. The van der Waals surface area contributed by atoms with Crippen molar-refractivity contribution >= 4 is 5.82 Å². The lowest BCUT2D eigenvalue weighted by molar-refractivity contribution is 0.201. The minimum atomic E-state index is 0.0968. The first kappa shape index (κ1) is 13.0. The van der Waals surface area contributed by atoms with Crippen LogP contribution in [0.1, 0.15) is 43.4 Å². The fraction of sp³-hybridized carbons (Fsp3) is 0.800. The Kier molecular flexibility index (Phi) is 3.52. The Morgan fingerprint density at radius 2 is 1.95 bits per heavy atom. The second kappa shape index (κ2) is 5.16. The number of rotatable bonds is 2. The van der Waals surface area contributed by atoms with Crippen LogP contribution >= 0.6 is 0 Å². The van der Waals surface area contributed by atoms with Crippen LogP contribution in [0.15, 0.2) is 0 Å². The van der Waals surface area contributed by atoms with E-state index in [1.807, 2.05) is 18.7 Å². The van der Waals surface area contributed by atoms with Gasteiger partial charge in [-0.15, -0.1) is 0 Å². The molecule has 1 aromatic heterocycles. The molecule has 2 heterocycles. The van der Waals surface area contributed by atoms with E-state index in [9.17, 15) is 5.11 Å². The Balaban J connectivity index is 1.83. The summed E-state index contributed by atoms with van der Waals surface area (Å²) in [5, 5.41) is 14.1. The van der Waals surface area contributed by atoms with E-state index in [1.54, 1.807) is 0 Å². The van der Waals surface area contributed by atoms with Crippen molar-refractivity contribution in [1.29, 1.82) is 0 Å². The number of hydrogen-bond donors (Lipinski definition) is 1. The molecule has 1 aromatic rings. The molecular formula is C15H25N3O. The number of fused-ring (bicyclic) bond motifs is 1. The van der Waals surface area contributed by atoms with Gasteiger partial charge < -0.3 is 10.0 Å². The average Bonchev–Trinajstić information content (AvgIpc) is 2.72. The predicted molar refractivity (Wildman–Crippen MR) is 76.1 cm³/mol. The molecule has 19 heavy (non-hydrogen) atoms. The third-order valence-electron chi connectivity index (χ3n) is 5.06. The topological polar surface area (TPSA) is 41.3 Å². The SMILES string of the molecule is Cc1nn(C)c(N2CCC3CCCCC3C2)c1CO. The molecule has 0 aromatic carbocycles. The Bertz CT molecular complexity index is 454. The van der Waals surface area contributed by atoms with Gasteiger partial charge in [0.05, 0.1) is 12.3 Å². The van der Waals surface area contributed by atoms with Crippen LogP contribution in [-0.2, 0) is 13.7 Å². The number of aliphatic hydroxyl groups is 1. The molecular weight excluding hydrogens is 238 g/mol. The highest BCUT2D eigenvalue weighted by molar-refractivity contribution is 5.50. The zero-order valence-corrected chi connectivity index (χ0v) is 12.1. The van der Waals surface area contributed by atoms with Crippen LogP contribution in [0.4, 0.5) is 5.82 Å². The van der Waals surface area contributed by atoms with E-state index < -0.39 is 0 Å². The second-order valence-corrected chi connectivity index (χ2v) is 6.21. The largest absolute Gasteiger partial charge is 0.391 e. The van der Waals surface area contributed by atoms with Gasteiger partial charge in [0.25, 0.3) is 0 Å². The quantitative estimate of drug-likeness (QED) is 0.889. The Hall–Kier alpha value is -1.03. The van der Waals surface area contributed by atoms with Gasteiger partial charge in [-0.25, -0.2) is 0 Å². The number of nitrogens with zero attached hydrogens (tertiary/aromatic N) is 3. The highest BCUT2D eigenvalue weighted by Crippen LogP contribution is 2.38. The molecule has 4 heteroatoms. The number of piperidine rings is 1. The van der Waals surface area contributed by atoms with Crippen molar-refractivity contribution in [3.63, 3.8) is 0 Å². The van der Waals surface area contributed by atoms with E-state index in [0.717, 1.165) is 42.0 Å². The zero-order valence-electron chi connectivity index (χ0n) is 12.1. The third kappa shape index (κ3) is 2.27. The van der Waals surface area contributed by atoms with Gasteiger partial charge in [0.2, 0.25) is 0 Å². The first-order valence-electron chi connectivity index (χ1n) is 7.59. The summed E-state index contributed by atoms with van der Waals surface area (Å²) >= 11 is 0. The average molecular weight is 263 g/mol. The Morgan fingerprint density at radius 3 is 2.68 bits per heavy atom. The molecule has 1 aliphatic heterocycles. The predicted octanol–water partition coefficient (Wildman–Crippen LogP) is 2.24. The molecule has 2 unspecified atom stereocenters. The Morgan fingerprint density at radius 1 is 1.21 bits per heavy atom. The highest BCUT2D eigenvalue weighted by Gasteiger charge is 2.33. The number of aliphatic hydroxyl groups excluding tert-OH is 1. The molecule has 106 valence electrons. The van der Waals surface area contributed by atoms with Crippen LogP contribution in [0.5, 0.6) is 0 Å². The van der Waals surface area contributed by atoms with E-state index in [2.05, 4.69) is 10.00 Å². The van der Waals surface area contributed by atoms with Crippen LogP contribution in [0.2, 0.25) is 0 Å². The molecule has 3 rings (SSSR count). The van der Waals surface area contributed by atoms with Crippen molar-refractivity contribution < 1.29 is 5.11 Å². The summed E-state index contributed by atoms with van der Waals surface area (Å²) in [6.45, 7) is 4.35. The summed E-state index contributed by atoms with van der Waals surface area (Å²) in [6.07, 6.45) is 6.93. The molecule has 0 spiro atoms. The molecule has 0 radical (unpaired) electrons. The summed E-state index contributed by atoms with van der Waals surface area (Å²) in [4.78, 5) is 2.46. The first-order chi connectivity index (χ1) is 9.20. The monoisotopic (exact) mass is 263 g/mol. The molecule has 4 nitrogen and oxygen atoms in total. The summed E-state index contributed by atoms with van der Waals surface area (Å²) in [7, 11) is 1.99. The molecule has 2 fully saturated rings. The fourth-order valence-electron chi connectivity index (χ4n) is 4.06. The normalized spacial score (nSPS) is 27.4. The molecule has 1 saturated carbocycles. The maximum Gasteiger partial charge on any atom is 0.132 e. The maximum atomic E-state index is 9.60. The Labute approximate surface area is 115 Å². The van der Waals surface area contributed by atoms with Crippen molar-refractivity contribution in [1.82, 2.24) is 9.78 Å². The lowest BCUT2D eigenvalue weighted by atomic mass is 9.75. The second-order valence-electron chi connectivity index (χ2n) is 6.21. The van der Waals surface area contributed by atoms with E-state index in [1.165, 1.54) is 32.1 Å². The molecule has 0 amide bonds. The van der Waals surface area contributed by atoms with Crippen molar-refractivity contribution in [3.8, 4) is 0 Å². The number of hydrogen-bond acceptors (Lipinski definition) is 3. The maximum absolute atomic E-state index is 9.60.